The molecule has 0 aliphatic carbocycles. The molecule has 7 heteroatoms. The molecular weight excluding hydrogens is 316 g/mol. The summed E-state index contributed by atoms with van der Waals surface area (Å²) >= 11 is 0. The molecule has 124 valence electrons. The van der Waals surface area contributed by atoms with Gasteiger partial charge in [0, 0.05) is 18.7 Å². The molecular formula is C16H20N2O4S. The number of nitrogens with zero attached hydrogens (tertiary/aromatic N) is 2. The van der Waals surface area contributed by atoms with E-state index in [-0.39, 0.29) is 11.7 Å². The van der Waals surface area contributed by atoms with Crippen molar-refractivity contribution >= 4 is 27.5 Å². The summed E-state index contributed by atoms with van der Waals surface area (Å²) in [6.45, 7) is 4.76. The first-order valence-electron chi connectivity index (χ1n) is 7.69. The van der Waals surface area contributed by atoms with E-state index in [9.17, 15) is 18.0 Å². The molecule has 0 bridgehead atoms. The number of carbonyl (C=O) groups is 2. The minimum Gasteiger partial charge on any atom is -0.339 e. The molecule has 23 heavy (non-hydrogen) atoms. The molecule has 0 spiro atoms. The second kappa shape index (κ2) is 5.33. The third kappa shape index (κ3) is 2.73. The molecule has 2 amide bonds. The molecule has 3 rings (SSSR count). The van der Waals surface area contributed by atoms with Gasteiger partial charge in [-0.15, -0.1) is 0 Å². The van der Waals surface area contributed by atoms with E-state index in [1.807, 2.05) is 0 Å². The van der Waals surface area contributed by atoms with Gasteiger partial charge in [-0.3, -0.25) is 9.59 Å². The molecule has 0 radical (unpaired) electrons. The minimum absolute atomic E-state index is 0.0509. The molecule has 0 unspecified atom stereocenters. The minimum atomic E-state index is -3.66. The first kappa shape index (κ1) is 16.0. The van der Waals surface area contributed by atoms with Gasteiger partial charge >= 0.3 is 0 Å². The predicted octanol–water partition coefficient (Wildman–Crippen LogP) is 1.63. The third-order valence-corrected chi connectivity index (χ3v) is 6.35. The molecule has 0 saturated carbocycles. The number of carbonyl (C=O) groups excluding carboxylic acids is 2. The van der Waals surface area contributed by atoms with Crippen LogP contribution in [0.25, 0.3) is 0 Å². The number of benzene rings is 1. The van der Waals surface area contributed by atoms with E-state index < -0.39 is 21.3 Å². The zero-order valence-corrected chi connectivity index (χ0v) is 14.1. The lowest BCUT2D eigenvalue weighted by atomic mass is 9.95. The van der Waals surface area contributed by atoms with E-state index >= 15 is 0 Å². The second-order valence-corrected chi connectivity index (χ2v) is 8.57. The lowest BCUT2D eigenvalue weighted by molar-refractivity contribution is -0.123. The molecule has 1 aromatic carbocycles. The number of likely N-dealkylation sites (tertiary alicyclic amines) is 1. The Hall–Kier alpha value is -1.89. The molecule has 1 aromatic rings. The van der Waals surface area contributed by atoms with Crippen LogP contribution in [0.2, 0.25) is 0 Å². The van der Waals surface area contributed by atoms with Crippen molar-refractivity contribution in [1.29, 1.82) is 0 Å². The van der Waals surface area contributed by atoms with Crippen LogP contribution in [0.1, 0.15) is 37.0 Å². The smallest absolute Gasteiger partial charge is 0.253 e. The Bertz CT molecular complexity index is 747. The second-order valence-electron chi connectivity index (χ2n) is 6.76. The van der Waals surface area contributed by atoms with E-state index in [0.29, 0.717) is 11.3 Å². The van der Waals surface area contributed by atoms with Crippen molar-refractivity contribution in [3.63, 3.8) is 0 Å². The van der Waals surface area contributed by atoms with Crippen LogP contribution < -0.4 is 4.31 Å². The predicted molar refractivity (Wildman–Crippen MR) is 86.6 cm³/mol. The maximum Gasteiger partial charge on any atom is 0.253 e. The van der Waals surface area contributed by atoms with E-state index in [4.69, 9.17) is 0 Å². The van der Waals surface area contributed by atoms with E-state index in [2.05, 4.69) is 0 Å². The summed E-state index contributed by atoms with van der Waals surface area (Å²) in [6, 6.07) is 6.23. The lowest BCUT2D eigenvalue weighted by Gasteiger charge is -2.19. The zero-order valence-electron chi connectivity index (χ0n) is 13.3. The van der Waals surface area contributed by atoms with Gasteiger partial charge in [0.1, 0.15) is 0 Å². The summed E-state index contributed by atoms with van der Waals surface area (Å²) in [7, 11) is -3.66. The van der Waals surface area contributed by atoms with Crippen molar-refractivity contribution in [3.05, 3.63) is 29.8 Å². The van der Waals surface area contributed by atoms with Gasteiger partial charge in [0.15, 0.2) is 0 Å². The molecule has 2 fully saturated rings. The normalized spacial score (nSPS) is 22.6. The van der Waals surface area contributed by atoms with Crippen molar-refractivity contribution in [2.75, 3.05) is 23.1 Å². The van der Waals surface area contributed by atoms with Crippen LogP contribution in [0.15, 0.2) is 24.3 Å². The monoisotopic (exact) mass is 336 g/mol. The topological polar surface area (TPSA) is 74.8 Å². The van der Waals surface area contributed by atoms with Crippen LogP contribution in [0, 0.1) is 5.41 Å². The number of rotatable bonds is 2. The SMILES string of the molecule is CC1(C)CS(=O)(=O)N(c2ccc(C(=O)N3CCCC3)cc2)C1=O. The van der Waals surface area contributed by atoms with Crippen LogP contribution in [0.3, 0.4) is 0 Å². The Morgan fingerprint density at radius 2 is 1.65 bits per heavy atom. The summed E-state index contributed by atoms with van der Waals surface area (Å²) in [5, 5.41) is 0. The molecule has 0 aromatic heterocycles. The Labute approximate surface area is 136 Å². The van der Waals surface area contributed by atoms with Crippen molar-refractivity contribution < 1.29 is 18.0 Å². The number of anilines is 1. The largest absolute Gasteiger partial charge is 0.339 e. The maximum absolute atomic E-state index is 12.3. The van der Waals surface area contributed by atoms with E-state index in [1.54, 1.807) is 30.9 Å². The Morgan fingerprint density at radius 1 is 1.09 bits per heavy atom. The molecule has 0 N–H and O–H groups in total. The lowest BCUT2D eigenvalue weighted by Crippen LogP contribution is -2.33. The fourth-order valence-electron chi connectivity index (χ4n) is 3.10. The van der Waals surface area contributed by atoms with Gasteiger partial charge in [-0.1, -0.05) is 0 Å². The quantitative estimate of drug-likeness (QED) is 0.822. The van der Waals surface area contributed by atoms with Crippen molar-refractivity contribution in [1.82, 2.24) is 4.90 Å². The fourth-order valence-corrected chi connectivity index (χ4v) is 5.21. The molecule has 2 heterocycles. The van der Waals surface area contributed by atoms with Gasteiger partial charge in [0.05, 0.1) is 16.9 Å². The van der Waals surface area contributed by atoms with Crippen LogP contribution in [0.5, 0.6) is 0 Å². The van der Waals surface area contributed by atoms with Crippen LogP contribution >= 0.6 is 0 Å². The van der Waals surface area contributed by atoms with Gasteiger partial charge in [-0.25, -0.2) is 12.7 Å². The van der Waals surface area contributed by atoms with Gasteiger partial charge in [-0.2, -0.15) is 0 Å². The number of amides is 2. The van der Waals surface area contributed by atoms with Crippen molar-refractivity contribution in [2.24, 2.45) is 5.41 Å². The standard InChI is InChI=1S/C16H20N2O4S/c1-16(2)11-23(21,22)18(15(16)20)13-7-5-12(6-8-13)14(19)17-9-3-4-10-17/h5-8H,3-4,9-11H2,1-2H3. The van der Waals surface area contributed by atoms with Crippen LogP contribution in [0.4, 0.5) is 5.69 Å². The highest BCUT2D eigenvalue weighted by Gasteiger charge is 2.49. The number of hydrogen-bond acceptors (Lipinski definition) is 4. The van der Waals surface area contributed by atoms with Crippen molar-refractivity contribution in [2.45, 2.75) is 26.7 Å². The van der Waals surface area contributed by atoms with E-state index in [0.717, 1.165) is 30.2 Å². The highest BCUT2D eigenvalue weighted by molar-refractivity contribution is 7.94. The highest BCUT2D eigenvalue weighted by atomic mass is 32.2. The first-order valence-corrected chi connectivity index (χ1v) is 9.30. The third-order valence-electron chi connectivity index (χ3n) is 4.33. The molecule has 2 aliphatic rings. The zero-order chi connectivity index (χ0) is 16.8. The summed E-state index contributed by atoms with van der Waals surface area (Å²) in [5.74, 6) is -0.686. The Kier molecular flexibility index (Phi) is 3.71. The van der Waals surface area contributed by atoms with Crippen LogP contribution in [-0.4, -0.2) is 44.0 Å². The molecule has 6 nitrogen and oxygen atoms in total. The van der Waals surface area contributed by atoms with Crippen molar-refractivity contribution in [3.8, 4) is 0 Å². The van der Waals surface area contributed by atoms with Crippen LogP contribution in [-0.2, 0) is 14.8 Å². The molecule has 2 saturated heterocycles. The fraction of sp³-hybridized carbons (Fsp3) is 0.500. The highest BCUT2D eigenvalue weighted by Crippen LogP contribution is 2.35. The summed E-state index contributed by atoms with van der Waals surface area (Å²) in [4.78, 5) is 26.4. The Morgan fingerprint density at radius 3 is 2.13 bits per heavy atom. The molecule has 2 aliphatic heterocycles. The number of sulfonamides is 1. The summed E-state index contributed by atoms with van der Waals surface area (Å²) in [5.41, 5.74) is -0.124. The number of hydrogen-bond donors (Lipinski definition) is 0. The maximum atomic E-state index is 12.3. The average Bonchev–Trinajstić information content (AvgIpc) is 3.04. The van der Waals surface area contributed by atoms with Gasteiger partial charge < -0.3 is 4.90 Å². The Balaban J connectivity index is 1.88. The van der Waals surface area contributed by atoms with E-state index in [1.165, 1.54) is 12.1 Å². The van der Waals surface area contributed by atoms with Gasteiger partial charge in [0.25, 0.3) is 5.91 Å². The summed E-state index contributed by atoms with van der Waals surface area (Å²) in [6.07, 6.45) is 2.03. The summed E-state index contributed by atoms with van der Waals surface area (Å²) < 4.78 is 25.4. The molecule has 0 atom stereocenters. The first-order chi connectivity index (χ1) is 10.7. The van der Waals surface area contributed by atoms with Gasteiger partial charge in [-0.05, 0) is 51.0 Å². The van der Waals surface area contributed by atoms with Gasteiger partial charge in [0.2, 0.25) is 15.9 Å². The average molecular weight is 336 g/mol.